The van der Waals surface area contributed by atoms with E-state index in [0.717, 1.165) is 58.9 Å². The summed E-state index contributed by atoms with van der Waals surface area (Å²) in [5, 5.41) is 48.6. The summed E-state index contributed by atoms with van der Waals surface area (Å²) in [4.78, 5) is 43.4. The van der Waals surface area contributed by atoms with E-state index in [1.54, 1.807) is 37.0 Å². The van der Waals surface area contributed by atoms with Gasteiger partial charge in [0.05, 0.1) is 76.1 Å². The Morgan fingerprint density at radius 3 is 2.54 bits per heavy atom. The summed E-state index contributed by atoms with van der Waals surface area (Å²) in [6.45, 7) is 10.9. The molecule has 2 amide bonds. The van der Waals surface area contributed by atoms with Crippen molar-refractivity contribution in [3.05, 3.63) is 112 Å². The highest BCUT2D eigenvalue weighted by atomic mass is 32.1. The van der Waals surface area contributed by atoms with E-state index in [2.05, 4.69) is 46.3 Å². The van der Waals surface area contributed by atoms with Crippen molar-refractivity contribution < 1.29 is 47.5 Å². The van der Waals surface area contributed by atoms with Crippen LogP contribution < -0.4 is 25.4 Å². The number of nitrogens with zero attached hydrogens (tertiary/aromatic N) is 8. The van der Waals surface area contributed by atoms with Crippen LogP contribution in [0, 0.1) is 31.4 Å². The molecule has 1 unspecified atom stereocenters. The van der Waals surface area contributed by atoms with Crippen molar-refractivity contribution in [3.8, 4) is 44.3 Å². The minimum Gasteiger partial charge on any atom is -0.490 e. The second-order valence-corrected chi connectivity index (χ2v) is 25.1. The summed E-state index contributed by atoms with van der Waals surface area (Å²) in [7, 11) is 0. The lowest BCUT2D eigenvalue weighted by molar-refractivity contribution is -0.142. The molecule has 14 rings (SSSR count). The number of fused-ring (bicyclic) bond motifs is 7. The number of hydrogen-bond donors (Lipinski definition) is 6. The number of piperazine rings is 1. The molecule has 5 fully saturated rings. The number of aliphatic hydroxyl groups is 2. The number of aromatic nitrogens is 6. The summed E-state index contributed by atoms with van der Waals surface area (Å²) >= 11 is 1.53. The first kappa shape index (κ1) is 55.5. The SMILES string of the molecule is Cc1ncsc1-c1ccc([C@H](CO)NC(=O)[C@@H]2C[C@@H](O)CN2C(=O)[C@H](C(C)C)n2cc(-c3ccc(COc4c5c6c(c(C7CC7)c4-c4c(C)c(F)cc7[nH]ncc47)OC[C@@H]4[C@@H]7C[C@@H](CN7)N4C6=NC(C)(OC4CCOCC4)N5)c(F)c3)nn2)cc1. The molecule has 4 saturated heterocycles. The zero-order chi connectivity index (χ0) is 58.6. The first-order valence-electron chi connectivity index (χ1n) is 29.5. The van der Waals surface area contributed by atoms with Gasteiger partial charge in [-0.05, 0) is 86.6 Å². The predicted octanol–water partition coefficient (Wildman–Crippen LogP) is 7.82. The Morgan fingerprint density at radius 2 is 1.80 bits per heavy atom. The zero-order valence-corrected chi connectivity index (χ0v) is 48.7. The summed E-state index contributed by atoms with van der Waals surface area (Å²) in [6.07, 6.45) is 6.21. The number of aliphatic hydroxyl groups excluding tert-OH is 2. The lowest BCUT2D eigenvalue weighted by Crippen LogP contribution is -2.57. The first-order chi connectivity index (χ1) is 41.1. The topological polar surface area (TPSA) is 239 Å². The average Bonchev–Trinajstić information content (AvgIpc) is 2.68. The predicted molar refractivity (Wildman–Crippen MR) is 313 cm³/mol. The summed E-state index contributed by atoms with van der Waals surface area (Å²) < 4.78 is 61.8. The molecule has 7 aliphatic rings. The van der Waals surface area contributed by atoms with Crippen molar-refractivity contribution in [1.29, 1.82) is 0 Å². The van der Waals surface area contributed by atoms with Gasteiger partial charge in [0, 0.05) is 84.9 Å². The van der Waals surface area contributed by atoms with E-state index in [1.165, 1.54) is 33.1 Å². The highest BCUT2D eigenvalue weighted by molar-refractivity contribution is 7.13. The van der Waals surface area contributed by atoms with Gasteiger partial charge >= 0.3 is 0 Å². The van der Waals surface area contributed by atoms with Crippen LogP contribution in [0.15, 0.2) is 71.4 Å². The number of hydrogen-bond acceptors (Lipinski definition) is 17. The Hall–Kier alpha value is -7.41. The number of carbonyl (C=O) groups excluding carboxylic acids is 2. The number of thiazole rings is 1. The number of H-pyrrole nitrogens is 1. The first-order valence-corrected chi connectivity index (χ1v) is 30.4. The molecule has 1 aliphatic carbocycles. The molecule has 85 heavy (non-hydrogen) atoms. The van der Waals surface area contributed by atoms with Crippen LogP contribution in [-0.4, -0.2) is 150 Å². The van der Waals surface area contributed by atoms with Crippen molar-refractivity contribution in [2.24, 2.45) is 10.9 Å². The molecular weight excluding hydrogens is 1110 g/mol. The molecule has 8 atom stereocenters. The van der Waals surface area contributed by atoms with Crippen LogP contribution in [0.1, 0.15) is 111 Å². The van der Waals surface area contributed by atoms with Crippen LogP contribution in [0.2, 0.25) is 0 Å². The van der Waals surface area contributed by atoms with E-state index < -0.39 is 60.1 Å². The summed E-state index contributed by atoms with van der Waals surface area (Å²) in [5.41, 5.74) is 9.59. The second-order valence-electron chi connectivity index (χ2n) is 24.2. The molecule has 444 valence electrons. The molecule has 9 heterocycles. The van der Waals surface area contributed by atoms with Gasteiger partial charge in [-0.15, -0.1) is 16.4 Å². The third-order valence-electron chi connectivity index (χ3n) is 18.2. The van der Waals surface area contributed by atoms with Gasteiger partial charge in [0.15, 0.2) is 5.75 Å². The van der Waals surface area contributed by atoms with E-state index in [0.29, 0.717) is 94.3 Å². The number of ether oxygens (including phenoxy) is 4. The number of benzene rings is 4. The lowest BCUT2D eigenvalue weighted by Gasteiger charge is -2.42. The number of nitrogens with one attached hydrogen (secondary N) is 4. The number of carbonyl (C=O) groups is 2. The second kappa shape index (κ2) is 21.8. The minimum absolute atomic E-state index is 0.0000569. The zero-order valence-electron chi connectivity index (χ0n) is 47.9. The number of likely N-dealkylation sites (tertiary alicyclic amines) is 1. The molecule has 6 aliphatic heterocycles. The van der Waals surface area contributed by atoms with Gasteiger partial charge in [-0.2, -0.15) is 5.10 Å². The van der Waals surface area contributed by atoms with Crippen LogP contribution in [0.25, 0.3) is 43.7 Å². The quantitative estimate of drug-likeness (QED) is 0.0541. The monoisotopic (exact) mass is 1180 g/mol. The van der Waals surface area contributed by atoms with Crippen molar-refractivity contribution in [2.75, 3.05) is 44.8 Å². The van der Waals surface area contributed by atoms with Crippen LogP contribution in [0.3, 0.4) is 0 Å². The number of aryl methyl sites for hydroxylation is 1. The molecule has 4 aromatic carbocycles. The molecule has 23 heteroatoms. The number of rotatable bonds is 16. The average molecular weight is 1180 g/mol. The molecule has 1 saturated carbocycles. The standard InChI is InChI=1S/C62H68F2N12O8S/c1-30(2)55(61(80)74-24-39(78)20-48(74)60(79)68-47(26-77)33-6-10-35(11-7-33)58-32(4)66-29-85-58)75-25-46(72-73-75)36-12-13-37(43(64)18-36)27-82-57-52(50-31(3)42(63)21-44-41(50)23-67-71-44)51(34-8-9-34)56-53-54(57)69-62(5,84-40-14-16-81-17-15-40)70-59(53)76-38-19-45(65-22-38)49(76)28-83-56/h6-7,10-13,18,21,23,25,29-30,34,38-40,45,47-49,55,65,69,77-78H,8-9,14-17,19-20,22,24,26-28H2,1-5H3,(H,67,71)(H,68,79)/t38-,39+,45-,47-,48-,49+,55-,62?/m0/s1. The Kier molecular flexibility index (Phi) is 14.2. The maximum absolute atomic E-state index is 17.0. The summed E-state index contributed by atoms with van der Waals surface area (Å²) in [6, 6.07) is 11.3. The smallest absolute Gasteiger partial charge is 0.248 e. The Labute approximate surface area is 493 Å². The molecule has 0 spiro atoms. The third kappa shape index (κ3) is 9.89. The number of halogens is 2. The van der Waals surface area contributed by atoms with Crippen molar-refractivity contribution >= 4 is 45.6 Å². The molecule has 7 aromatic rings. The Balaban J connectivity index is 0.772. The van der Waals surface area contributed by atoms with Crippen molar-refractivity contribution in [1.82, 2.24) is 50.6 Å². The fraction of sp³-hybridized carbons (Fsp3) is 0.468. The van der Waals surface area contributed by atoms with Crippen LogP contribution in [0.5, 0.6) is 11.5 Å². The molecule has 3 aromatic heterocycles. The number of β-amino-alcohol motifs (C(OH)–C–C–N with tert-alkyl or cyclic N) is 1. The fourth-order valence-electron chi connectivity index (χ4n) is 13.8. The Bertz CT molecular complexity index is 3790. The number of aliphatic imine (C=N–C) groups is 1. The van der Waals surface area contributed by atoms with E-state index >= 15 is 8.78 Å². The van der Waals surface area contributed by atoms with Gasteiger partial charge in [0.1, 0.15) is 54.2 Å². The molecule has 2 bridgehead atoms. The largest absolute Gasteiger partial charge is 0.490 e. The summed E-state index contributed by atoms with van der Waals surface area (Å²) in [5.74, 6) is -1.76. The van der Waals surface area contributed by atoms with E-state index in [1.807, 2.05) is 52.0 Å². The van der Waals surface area contributed by atoms with Gasteiger partial charge in [0.2, 0.25) is 17.7 Å². The van der Waals surface area contributed by atoms with Gasteiger partial charge < -0.3 is 54.9 Å². The van der Waals surface area contributed by atoms with Crippen molar-refractivity contribution in [2.45, 2.75) is 140 Å². The number of anilines is 1. The number of aromatic amines is 1. The maximum Gasteiger partial charge on any atom is 0.248 e. The minimum atomic E-state index is -1.29. The molecule has 20 nitrogen and oxygen atoms in total. The van der Waals surface area contributed by atoms with Crippen LogP contribution >= 0.6 is 11.3 Å². The third-order valence-corrected chi connectivity index (χ3v) is 19.2. The normalized spacial score (nSPS) is 24.2. The highest BCUT2D eigenvalue weighted by Gasteiger charge is 2.54. The van der Waals surface area contributed by atoms with Crippen LogP contribution in [-0.2, 0) is 25.7 Å². The number of amidine groups is 1. The van der Waals surface area contributed by atoms with E-state index in [4.69, 9.17) is 23.9 Å². The van der Waals surface area contributed by atoms with Crippen LogP contribution in [0.4, 0.5) is 14.5 Å². The molecule has 0 radical (unpaired) electrons. The fourth-order valence-corrected chi connectivity index (χ4v) is 14.6. The van der Waals surface area contributed by atoms with Gasteiger partial charge in [-0.25, -0.2) is 23.4 Å². The van der Waals surface area contributed by atoms with E-state index in [-0.39, 0.29) is 61.2 Å². The van der Waals surface area contributed by atoms with Gasteiger partial charge in [-0.1, -0.05) is 55.5 Å². The van der Waals surface area contributed by atoms with E-state index in [9.17, 15) is 19.8 Å². The molecular formula is C62H68F2N12O8S. The Morgan fingerprint density at radius 1 is 1.00 bits per heavy atom. The highest BCUT2D eigenvalue weighted by Crippen LogP contribution is 2.60. The maximum atomic E-state index is 17.0. The van der Waals surface area contributed by atoms with Gasteiger partial charge in [-0.3, -0.25) is 14.7 Å². The number of amides is 2. The van der Waals surface area contributed by atoms with Gasteiger partial charge in [0.25, 0.3) is 0 Å². The van der Waals surface area contributed by atoms with Crippen molar-refractivity contribution in [3.63, 3.8) is 0 Å². The molecule has 6 N–H and O–H groups in total. The lowest BCUT2D eigenvalue weighted by atomic mass is 9.86.